The van der Waals surface area contributed by atoms with Crippen molar-refractivity contribution < 1.29 is 23.4 Å². The first-order chi connectivity index (χ1) is 10.4. The number of fused-ring (bicyclic) bond motifs is 1. The maximum absolute atomic E-state index is 12.0. The Kier molecular flexibility index (Phi) is 5.26. The summed E-state index contributed by atoms with van der Waals surface area (Å²) in [6.45, 7) is 2.09. The molecule has 9 heteroatoms. The zero-order valence-electron chi connectivity index (χ0n) is 12.1. The van der Waals surface area contributed by atoms with Crippen LogP contribution in [-0.4, -0.2) is 24.5 Å². The van der Waals surface area contributed by atoms with Gasteiger partial charge in [-0.2, -0.15) is 4.62 Å². The third-order valence-corrected chi connectivity index (χ3v) is 4.14. The van der Waals surface area contributed by atoms with Crippen LogP contribution in [0.15, 0.2) is 24.3 Å². The molecule has 2 N–H and O–H groups in total. The zero-order chi connectivity index (χ0) is 16.3. The molecule has 1 atom stereocenters. The molecule has 0 radical (unpaired) electrons. The Morgan fingerprint density at radius 2 is 2.27 bits per heavy atom. The second-order valence-electron chi connectivity index (χ2n) is 4.48. The Morgan fingerprint density at radius 1 is 1.55 bits per heavy atom. The van der Waals surface area contributed by atoms with Gasteiger partial charge >= 0.3 is 7.82 Å². The van der Waals surface area contributed by atoms with Crippen LogP contribution in [0.25, 0.3) is 5.70 Å². The third-order valence-electron chi connectivity index (χ3n) is 3.12. The molecule has 0 aromatic heterocycles. The Labute approximate surface area is 133 Å². The molecule has 1 aromatic carbocycles. The molecular weight excluding hydrogens is 331 g/mol. The minimum absolute atomic E-state index is 0.0375. The van der Waals surface area contributed by atoms with Gasteiger partial charge in [0.15, 0.2) is 0 Å². The monoisotopic (exact) mass is 346 g/mol. The fourth-order valence-corrected chi connectivity index (χ4v) is 2.48. The first kappa shape index (κ1) is 17.0. The van der Waals surface area contributed by atoms with Crippen LogP contribution < -0.4 is 10.4 Å². The number of anilines is 1. The highest BCUT2D eigenvalue weighted by Crippen LogP contribution is 2.42. The molecule has 1 aromatic rings. The van der Waals surface area contributed by atoms with Gasteiger partial charge in [-0.3, -0.25) is 14.8 Å². The van der Waals surface area contributed by atoms with E-state index < -0.39 is 7.82 Å². The lowest BCUT2D eigenvalue weighted by Crippen LogP contribution is -2.34. The Morgan fingerprint density at radius 3 is 2.91 bits per heavy atom. The van der Waals surface area contributed by atoms with Gasteiger partial charge in [0.1, 0.15) is 0 Å². The van der Waals surface area contributed by atoms with Gasteiger partial charge in [-0.15, -0.1) is 0 Å². The smallest absolute Gasteiger partial charge is 0.308 e. The minimum Gasteiger partial charge on any atom is -0.308 e. The van der Waals surface area contributed by atoms with Crippen LogP contribution in [-0.2, 0) is 18.5 Å². The number of carbonyl (C=O) groups is 1. The number of carbonyl (C=O) groups excluding carboxylic acids is 1. The number of nitrogens with one attached hydrogen (secondary N) is 1. The van der Waals surface area contributed by atoms with Crippen molar-refractivity contribution in [1.82, 2.24) is 5.48 Å². The SMILES string of the molecule is CCC(=O)N1CC=C(NOP(=O)(O)OC)c2cc(Cl)ccc21. The lowest BCUT2D eigenvalue weighted by atomic mass is 10.0. The van der Waals surface area contributed by atoms with Crippen molar-refractivity contribution in [1.29, 1.82) is 0 Å². The first-order valence-electron chi connectivity index (χ1n) is 6.51. The van der Waals surface area contributed by atoms with Crippen molar-refractivity contribution in [3.05, 3.63) is 34.9 Å². The van der Waals surface area contributed by atoms with Crippen molar-refractivity contribution in [2.45, 2.75) is 13.3 Å². The molecule has 0 saturated carbocycles. The van der Waals surface area contributed by atoms with Crippen LogP contribution in [0, 0.1) is 0 Å². The maximum atomic E-state index is 12.0. The van der Waals surface area contributed by atoms with E-state index in [1.54, 1.807) is 36.1 Å². The predicted octanol–water partition coefficient (Wildman–Crippen LogP) is 2.71. The molecule has 1 amide bonds. The molecule has 0 bridgehead atoms. The maximum Gasteiger partial charge on any atom is 0.493 e. The van der Waals surface area contributed by atoms with E-state index in [1.165, 1.54) is 0 Å². The number of benzene rings is 1. The highest BCUT2D eigenvalue weighted by molar-refractivity contribution is 7.47. The lowest BCUT2D eigenvalue weighted by Gasteiger charge is -2.29. The van der Waals surface area contributed by atoms with Gasteiger partial charge in [0.2, 0.25) is 5.91 Å². The summed E-state index contributed by atoms with van der Waals surface area (Å²) >= 11 is 5.99. The first-order valence-corrected chi connectivity index (χ1v) is 8.39. The summed E-state index contributed by atoms with van der Waals surface area (Å²) in [6.07, 6.45) is 2.03. The second-order valence-corrected chi connectivity index (χ2v) is 6.40. The molecule has 22 heavy (non-hydrogen) atoms. The largest absolute Gasteiger partial charge is 0.493 e. The van der Waals surface area contributed by atoms with Crippen molar-refractivity contribution in [3.63, 3.8) is 0 Å². The van der Waals surface area contributed by atoms with Crippen molar-refractivity contribution in [2.75, 3.05) is 18.6 Å². The molecule has 0 aliphatic carbocycles. The number of halogens is 1. The molecule has 1 heterocycles. The number of phosphoric acid groups is 1. The number of rotatable bonds is 5. The summed E-state index contributed by atoms with van der Waals surface area (Å²) < 4.78 is 20.3. The van der Waals surface area contributed by atoms with Crippen LogP contribution in [0.3, 0.4) is 0 Å². The molecule has 7 nitrogen and oxygen atoms in total. The van der Waals surface area contributed by atoms with Crippen LogP contribution in [0.2, 0.25) is 5.02 Å². The van der Waals surface area contributed by atoms with Crippen molar-refractivity contribution in [3.8, 4) is 0 Å². The molecule has 2 rings (SSSR count). The molecule has 0 spiro atoms. The van der Waals surface area contributed by atoms with Crippen molar-refractivity contribution in [2.24, 2.45) is 0 Å². The lowest BCUT2D eigenvalue weighted by molar-refractivity contribution is -0.118. The van der Waals surface area contributed by atoms with E-state index in [2.05, 4.69) is 14.6 Å². The quantitative estimate of drug-likeness (QED) is 0.629. The van der Waals surface area contributed by atoms with Gasteiger partial charge in [0.25, 0.3) is 0 Å². The average Bonchev–Trinajstić information content (AvgIpc) is 2.51. The summed E-state index contributed by atoms with van der Waals surface area (Å²) in [7, 11) is -3.11. The van der Waals surface area contributed by atoms with E-state index in [0.29, 0.717) is 34.9 Å². The number of hydroxylamine groups is 1. The van der Waals surface area contributed by atoms with Gasteiger partial charge in [-0.05, 0) is 24.3 Å². The number of amides is 1. The molecule has 1 aliphatic heterocycles. The van der Waals surface area contributed by atoms with Crippen molar-refractivity contribution >= 4 is 36.7 Å². The van der Waals surface area contributed by atoms with Gasteiger partial charge in [0, 0.05) is 30.7 Å². The summed E-state index contributed by atoms with van der Waals surface area (Å²) in [6, 6.07) is 5.03. The zero-order valence-corrected chi connectivity index (χ0v) is 13.7. The van der Waals surface area contributed by atoms with Gasteiger partial charge in [0.05, 0.1) is 11.4 Å². The Hall–Kier alpha value is -1.37. The summed E-state index contributed by atoms with van der Waals surface area (Å²) in [5, 5.41) is 0.469. The van der Waals surface area contributed by atoms with E-state index in [1.807, 2.05) is 0 Å². The highest BCUT2D eigenvalue weighted by Gasteiger charge is 2.25. The van der Waals surface area contributed by atoms with E-state index >= 15 is 0 Å². The van der Waals surface area contributed by atoms with Crippen LogP contribution in [0.1, 0.15) is 18.9 Å². The fourth-order valence-electron chi connectivity index (χ4n) is 2.02. The molecular formula is C13H16ClN2O5P. The van der Waals surface area contributed by atoms with Crippen LogP contribution >= 0.6 is 19.4 Å². The number of hydrogen-bond donors (Lipinski definition) is 2. The normalized spacial score (nSPS) is 16.5. The molecule has 0 fully saturated rings. The highest BCUT2D eigenvalue weighted by atomic mass is 35.5. The number of hydrogen-bond acceptors (Lipinski definition) is 5. The summed E-state index contributed by atoms with van der Waals surface area (Å²) in [4.78, 5) is 22.9. The minimum atomic E-state index is -4.17. The van der Waals surface area contributed by atoms with E-state index in [0.717, 1.165) is 7.11 Å². The predicted molar refractivity (Wildman–Crippen MR) is 83.1 cm³/mol. The fraction of sp³-hybridized carbons (Fsp3) is 0.308. The average molecular weight is 347 g/mol. The number of phosphoric ester groups is 1. The second kappa shape index (κ2) is 6.81. The van der Waals surface area contributed by atoms with Gasteiger partial charge in [-0.25, -0.2) is 4.57 Å². The van der Waals surface area contributed by atoms with E-state index in [4.69, 9.17) is 11.6 Å². The van der Waals surface area contributed by atoms with Crippen LogP contribution in [0.5, 0.6) is 0 Å². The standard InChI is InChI=1S/C13H16ClN2O5P/c1-3-13(17)16-7-6-11(15-21-22(18,19)20-2)10-8-9(14)4-5-12(10)16/h4-6,8,15H,3,7H2,1-2H3,(H,18,19). The molecule has 1 aliphatic rings. The third kappa shape index (κ3) is 3.69. The van der Waals surface area contributed by atoms with Gasteiger partial charge < -0.3 is 9.79 Å². The Balaban J connectivity index is 2.31. The topological polar surface area (TPSA) is 88.1 Å². The summed E-state index contributed by atoms with van der Waals surface area (Å²) in [5.41, 5.74) is 4.08. The van der Waals surface area contributed by atoms with Crippen LogP contribution in [0.4, 0.5) is 5.69 Å². The van der Waals surface area contributed by atoms with E-state index in [9.17, 15) is 14.3 Å². The molecule has 120 valence electrons. The Bertz CT molecular complexity index is 664. The van der Waals surface area contributed by atoms with E-state index in [-0.39, 0.29) is 5.91 Å². The number of nitrogens with zero attached hydrogens (tertiary/aromatic N) is 1. The molecule has 1 unspecified atom stereocenters. The summed E-state index contributed by atoms with van der Waals surface area (Å²) in [5.74, 6) is -0.0375. The van der Waals surface area contributed by atoms with Gasteiger partial charge in [-0.1, -0.05) is 18.5 Å². The molecule has 0 saturated heterocycles.